The Hall–Kier alpha value is -2.18. The first-order valence-electron chi connectivity index (χ1n) is 6.35. The number of aromatic nitrogens is 1. The zero-order chi connectivity index (χ0) is 15.5. The van der Waals surface area contributed by atoms with Crippen molar-refractivity contribution >= 4 is 34.7 Å². The van der Waals surface area contributed by atoms with E-state index < -0.39 is 11.7 Å². The van der Waals surface area contributed by atoms with E-state index in [0.29, 0.717) is 5.69 Å². The van der Waals surface area contributed by atoms with Crippen molar-refractivity contribution in [1.29, 1.82) is 0 Å². The largest absolute Gasteiger partial charge is 0.338 e. The highest BCUT2D eigenvalue weighted by Crippen LogP contribution is 2.24. The number of hydrogen-bond donors (Lipinski definition) is 1. The van der Waals surface area contributed by atoms with Gasteiger partial charge in [0.25, 0.3) is 0 Å². The molecular formula is C15H10ClFN2O2S. The lowest BCUT2D eigenvalue weighted by Gasteiger charge is -2.05. The van der Waals surface area contributed by atoms with E-state index in [1.54, 1.807) is 6.07 Å². The van der Waals surface area contributed by atoms with Gasteiger partial charge < -0.3 is 4.52 Å². The zero-order valence-electron chi connectivity index (χ0n) is 11.2. The first kappa shape index (κ1) is 14.7. The summed E-state index contributed by atoms with van der Waals surface area (Å²) in [6, 6.07) is 7.80. The molecule has 0 atom stereocenters. The molecule has 4 nitrogen and oxygen atoms in total. The quantitative estimate of drug-likeness (QED) is 0.769. The van der Waals surface area contributed by atoms with Gasteiger partial charge >= 0.3 is 0 Å². The topological polar surface area (TPSA) is 55.1 Å². The average Bonchev–Trinajstić information content (AvgIpc) is 3.13. The van der Waals surface area contributed by atoms with Gasteiger partial charge in [-0.05, 0) is 23.6 Å². The van der Waals surface area contributed by atoms with E-state index in [0.717, 1.165) is 5.56 Å². The minimum atomic E-state index is -0.515. The Kier molecular flexibility index (Phi) is 4.22. The standard InChI is InChI=1S/C15H10ClFN2O2S/c16-11-2-1-3-12(17)10(11)6-14(20)18-15-7-13(19-21-15)9-4-5-22-8-9/h1-5,7-8H,6H2,(H,18,20). The summed E-state index contributed by atoms with van der Waals surface area (Å²) in [5, 5.41) is 10.5. The molecule has 0 bridgehead atoms. The molecule has 0 unspecified atom stereocenters. The Balaban J connectivity index is 1.70. The number of hydrogen-bond acceptors (Lipinski definition) is 4. The van der Waals surface area contributed by atoms with Crippen molar-refractivity contribution in [3.63, 3.8) is 0 Å². The third-order valence-electron chi connectivity index (χ3n) is 2.99. The number of benzene rings is 1. The summed E-state index contributed by atoms with van der Waals surface area (Å²) in [6.07, 6.45) is -0.181. The SMILES string of the molecule is O=C(Cc1c(F)cccc1Cl)Nc1cc(-c2ccsc2)no1. The second-order valence-corrected chi connectivity index (χ2v) is 5.70. The predicted octanol–water partition coefficient (Wildman–Crippen LogP) is 4.38. The molecule has 1 amide bonds. The Labute approximate surface area is 134 Å². The number of carbonyl (C=O) groups is 1. The van der Waals surface area contributed by atoms with E-state index >= 15 is 0 Å². The molecule has 22 heavy (non-hydrogen) atoms. The van der Waals surface area contributed by atoms with E-state index in [4.69, 9.17) is 16.1 Å². The van der Waals surface area contributed by atoms with Gasteiger partial charge in [-0.3, -0.25) is 10.1 Å². The van der Waals surface area contributed by atoms with Crippen molar-refractivity contribution in [3.05, 3.63) is 57.5 Å². The van der Waals surface area contributed by atoms with Crippen LogP contribution in [0.4, 0.5) is 10.3 Å². The lowest BCUT2D eigenvalue weighted by molar-refractivity contribution is -0.115. The second kappa shape index (κ2) is 6.29. The molecule has 0 aliphatic heterocycles. The first-order chi connectivity index (χ1) is 10.6. The fraction of sp³-hybridized carbons (Fsp3) is 0.0667. The van der Waals surface area contributed by atoms with E-state index in [2.05, 4.69) is 10.5 Å². The van der Waals surface area contributed by atoms with Crippen molar-refractivity contribution in [2.75, 3.05) is 5.32 Å². The highest BCUT2D eigenvalue weighted by atomic mass is 35.5. The zero-order valence-corrected chi connectivity index (χ0v) is 12.7. The molecule has 0 aliphatic carbocycles. The predicted molar refractivity (Wildman–Crippen MR) is 83.6 cm³/mol. The molecule has 1 aromatic carbocycles. The smallest absolute Gasteiger partial charge is 0.231 e. The van der Waals surface area contributed by atoms with Gasteiger partial charge in [0.05, 0.1) is 6.42 Å². The third-order valence-corrected chi connectivity index (χ3v) is 4.03. The molecule has 1 N–H and O–H groups in total. The third kappa shape index (κ3) is 3.18. The number of carbonyl (C=O) groups excluding carboxylic acids is 1. The molecule has 3 aromatic rings. The number of thiophene rings is 1. The molecule has 0 fully saturated rings. The fourth-order valence-electron chi connectivity index (χ4n) is 1.92. The first-order valence-corrected chi connectivity index (χ1v) is 7.67. The van der Waals surface area contributed by atoms with Crippen molar-refractivity contribution in [2.45, 2.75) is 6.42 Å². The Morgan fingerprint density at radius 2 is 2.27 bits per heavy atom. The number of amides is 1. The van der Waals surface area contributed by atoms with Crippen molar-refractivity contribution in [1.82, 2.24) is 5.16 Å². The van der Waals surface area contributed by atoms with Crippen LogP contribution in [-0.4, -0.2) is 11.1 Å². The molecular weight excluding hydrogens is 327 g/mol. The number of rotatable bonds is 4. The minimum absolute atomic E-state index is 0.152. The van der Waals surface area contributed by atoms with E-state index in [1.165, 1.54) is 29.5 Å². The maximum absolute atomic E-state index is 13.6. The highest BCUT2D eigenvalue weighted by molar-refractivity contribution is 7.08. The summed E-state index contributed by atoms with van der Waals surface area (Å²) in [4.78, 5) is 12.0. The van der Waals surface area contributed by atoms with Crippen LogP contribution in [0.5, 0.6) is 0 Å². The molecule has 7 heteroatoms. The van der Waals surface area contributed by atoms with Gasteiger partial charge in [0.2, 0.25) is 11.8 Å². The lowest BCUT2D eigenvalue weighted by Crippen LogP contribution is -2.15. The summed E-state index contributed by atoms with van der Waals surface area (Å²) >= 11 is 7.43. The second-order valence-electron chi connectivity index (χ2n) is 4.51. The molecule has 0 saturated heterocycles. The monoisotopic (exact) mass is 336 g/mol. The summed E-state index contributed by atoms with van der Waals surface area (Å²) in [7, 11) is 0. The maximum atomic E-state index is 13.6. The average molecular weight is 337 g/mol. The maximum Gasteiger partial charge on any atom is 0.231 e. The van der Waals surface area contributed by atoms with Crippen molar-refractivity contribution in [2.24, 2.45) is 0 Å². The van der Waals surface area contributed by atoms with Crippen LogP contribution < -0.4 is 5.32 Å². The van der Waals surface area contributed by atoms with Crippen LogP contribution in [0.3, 0.4) is 0 Å². The number of halogens is 2. The Morgan fingerprint density at radius 3 is 3.00 bits per heavy atom. The molecule has 0 aliphatic rings. The summed E-state index contributed by atoms with van der Waals surface area (Å²) < 4.78 is 18.7. The number of nitrogens with zero attached hydrogens (tertiary/aromatic N) is 1. The number of anilines is 1. The van der Waals surface area contributed by atoms with Gasteiger partial charge in [0.15, 0.2) is 0 Å². The summed E-state index contributed by atoms with van der Waals surface area (Å²) in [5.74, 6) is -0.738. The lowest BCUT2D eigenvalue weighted by atomic mass is 10.1. The van der Waals surface area contributed by atoms with Crippen LogP contribution in [0.2, 0.25) is 5.02 Å². The Bertz CT molecular complexity index is 781. The minimum Gasteiger partial charge on any atom is -0.338 e. The van der Waals surface area contributed by atoms with Gasteiger partial charge in [-0.2, -0.15) is 11.3 Å². The molecule has 0 spiro atoms. The van der Waals surface area contributed by atoms with E-state index in [-0.39, 0.29) is 22.9 Å². The van der Waals surface area contributed by atoms with Crippen LogP contribution in [0.15, 0.2) is 45.6 Å². The van der Waals surface area contributed by atoms with Crippen LogP contribution in [0, 0.1) is 5.82 Å². The normalized spacial score (nSPS) is 10.6. The van der Waals surface area contributed by atoms with Gasteiger partial charge in [0, 0.05) is 27.6 Å². The highest BCUT2D eigenvalue weighted by Gasteiger charge is 2.14. The van der Waals surface area contributed by atoms with Crippen molar-refractivity contribution in [3.8, 4) is 11.3 Å². The van der Waals surface area contributed by atoms with Crippen molar-refractivity contribution < 1.29 is 13.7 Å². The van der Waals surface area contributed by atoms with Gasteiger partial charge in [0.1, 0.15) is 11.5 Å². The van der Waals surface area contributed by atoms with Crippen LogP contribution >= 0.6 is 22.9 Å². The Morgan fingerprint density at radius 1 is 1.41 bits per heavy atom. The molecule has 0 saturated carbocycles. The molecule has 2 aromatic heterocycles. The van der Waals surface area contributed by atoms with Crippen LogP contribution in [0.25, 0.3) is 11.3 Å². The van der Waals surface area contributed by atoms with Gasteiger partial charge in [-0.25, -0.2) is 4.39 Å². The molecule has 112 valence electrons. The molecule has 3 rings (SSSR count). The van der Waals surface area contributed by atoms with E-state index in [1.807, 2.05) is 16.8 Å². The number of nitrogens with one attached hydrogen (secondary N) is 1. The summed E-state index contributed by atoms with van der Waals surface area (Å²) in [6.45, 7) is 0. The summed E-state index contributed by atoms with van der Waals surface area (Å²) in [5.41, 5.74) is 1.69. The van der Waals surface area contributed by atoms with Crippen LogP contribution in [0.1, 0.15) is 5.56 Å². The van der Waals surface area contributed by atoms with Gasteiger partial charge in [-0.15, -0.1) is 0 Å². The molecule has 0 radical (unpaired) electrons. The van der Waals surface area contributed by atoms with Crippen LogP contribution in [-0.2, 0) is 11.2 Å². The van der Waals surface area contributed by atoms with Gasteiger partial charge in [-0.1, -0.05) is 22.8 Å². The fourth-order valence-corrected chi connectivity index (χ4v) is 2.80. The molecule has 2 heterocycles. The van der Waals surface area contributed by atoms with E-state index in [9.17, 15) is 9.18 Å².